The van der Waals surface area contributed by atoms with Crippen molar-refractivity contribution < 1.29 is 18.4 Å². The number of carbonyl (C=O) groups is 2. The van der Waals surface area contributed by atoms with E-state index in [1.807, 2.05) is 0 Å². The number of benzene rings is 1. The second-order valence-corrected chi connectivity index (χ2v) is 4.31. The minimum absolute atomic E-state index is 0.150. The highest BCUT2D eigenvalue weighted by molar-refractivity contribution is 6.02. The molecular weight excluding hydrogens is 237 g/mol. The van der Waals surface area contributed by atoms with Crippen LogP contribution in [0.25, 0.3) is 11.0 Å². The number of halogens is 1. The third-order valence-electron chi connectivity index (χ3n) is 3.20. The van der Waals surface area contributed by atoms with Crippen molar-refractivity contribution in [2.75, 3.05) is 0 Å². The van der Waals surface area contributed by atoms with Crippen molar-refractivity contribution in [2.45, 2.75) is 18.8 Å². The van der Waals surface area contributed by atoms with E-state index >= 15 is 0 Å². The van der Waals surface area contributed by atoms with Gasteiger partial charge in [0.2, 0.25) is 11.8 Å². The van der Waals surface area contributed by atoms with E-state index in [1.54, 1.807) is 12.1 Å². The van der Waals surface area contributed by atoms with Gasteiger partial charge in [-0.1, -0.05) is 12.1 Å². The van der Waals surface area contributed by atoms with Crippen LogP contribution in [0.1, 0.15) is 24.3 Å². The third-order valence-corrected chi connectivity index (χ3v) is 3.20. The van der Waals surface area contributed by atoms with Crippen LogP contribution in [0, 0.1) is 5.82 Å². The standard InChI is InChI=1S/C13H10FNO3/c14-10-3-1-2-7-9(6-18-12(7)10)8-4-5-11(16)15-13(8)17/h1-3,6,8H,4-5H2,(H,15,16,17). The van der Waals surface area contributed by atoms with Crippen LogP contribution in [-0.2, 0) is 9.59 Å². The molecule has 0 saturated carbocycles. The lowest BCUT2D eigenvalue weighted by atomic mass is 9.90. The minimum Gasteiger partial charge on any atom is -0.461 e. The molecule has 1 unspecified atom stereocenters. The summed E-state index contributed by atoms with van der Waals surface area (Å²) in [6.07, 6.45) is 2.11. The van der Waals surface area contributed by atoms with Crippen LogP contribution in [0.4, 0.5) is 4.39 Å². The molecule has 1 N–H and O–H groups in total. The van der Waals surface area contributed by atoms with Crippen molar-refractivity contribution in [1.82, 2.24) is 5.32 Å². The van der Waals surface area contributed by atoms with Crippen molar-refractivity contribution in [3.8, 4) is 0 Å². The Morgan fingerprint density at radius 3 is 2.94 bits per heavy atom. The highest BCUT2D eigenvalue weighted by Gasteiger charge is 2.30. The quantitative estimate of drug-likeness (QED) is 0.785. The normalized spacial score (nSPS) is 20.2. The summed E-state index contributed by atoms with van der Waals surface area (Å²) in [6.45, 7) is 0. The maximum absolute atomic E-state index is 13.5. The Labute approximate surface area is 102 Å². The highest BCUT2D eigenvalue weighted by Crippen LogP contribution is 2.33. The van der Waals surface area contributed by atoms with Gasteiger partial charge in [0.25, 0.3) is 0 Å². The molecule has 5 heteroatoms. The molecule has 2 aromatic rings. The molecule has 1 aliphatic rings. The molecule has 0 bridgehead atoms. The lowest BCUT2D eigenvalue weighted by molar-refractivity contribution is -0.134. The van der Waals surface area contributed by atoms with E-state index < -0.39 is 11.7 Å². The van der Waals surface area contributed by atoms with E-state index in [-0.39, 0.29) is 17.4 Å². The number of furan rings is 1. The Kier molecular flexibility index (Phi) is 2.40. The summed E-state index contributed by atoms with van der Waals surface area (Å²) < 4.78 is 18.6. The van der Waals surface area contributed by atoms with E-state index in [0.29, 0.717) is 23.8 Å². The largest absolute Gasteiger partial charge is 0.461 e. The Balaban J connectivity index is 2.07. The zero-order chi connectivity index (χ0) is 12.7. The van der Waals surface area contributed by atoms with Gasteiger partial charge in [0.1, 0.15) is 0 Å². The molecule has 2 heterocycles. The molecule has 0 aliphatic carbocycles. The maximum Gasteiger partial charge on any atom is 0.234 e. The average Bonchev–Trinajstić information content (AvgIpc) is 2.74. The number of nitrogens with one attached hydrogen (secondary N) is 1. The van der Waals surface area contributed by atoms with Crippen molar-refractivity contribution in [1.29, 1.82) is 0 Å². The molecule has 1 fully saturated rings. The number of hydrogen-bond acceptors (Lipinski definition) is 3. The lowest BCUT2D eigenvalue weighted by Crippen LogP contribution is -2.39. The van der Waals surface area contributed by atoms with Crippen LogP contribution in [0.3, 0.4) is 0 Å². The molecule has 1 aliphatic heterocycles. The first kappa shape index (κ1) is 11.0. The van der Waals surface area contributed by atoms with Gasteiger partial charge >= 0.3 is 0 Å². The first-order valence-corrected chi connectivity index (χ1v) is 5.66. The van der Waals surface area contributed by atoms with Crippen LogP contribution >= 0.6 is 0 Å². The van der Waals surface area contributed by atoms with Crippen LogP contribution in [-0.4, -0.2) is 11.8 Å². The second-order valence-electron chi connectivity index (χ2n) is 4.31. The van der Waals surface area contributed by atoms with Crippen molar-refractivity contribution in [2.24, 2.45) is 0 Å². The van der Waals surface area contributed by atoms with Crippen LogP contribution in [0.2, 0.25) is 0 Å². The van der Waals surface area contributed by atoms with E-state index in [0.717, 1.165) is 0 Å². The van der Waals surface area contributed by atoms with Gasteiger partial charge in [-0.15, -0.1) is 0 Å². The molecule has 92 valence electrons. The van der Waals surface area contributed by atoms with E-state index in [1.165, 1.54) is 12.3 Å². The molecule has 1 aromatic carbocycles. The van der Waals surface area contributed by atoms with Gasteiger partial charge in [0, 0.05) is 17.4 Å². The summed E-state index contributed by atoms with van der Waals surface area (Å²) in [5, 5.41) is 2.87. The Morgan fingerprint density at radius 1 is 1.33 bits per heavy atom. The number of piperidine rings is 1. The predicted octanol–water partition coefficient (Wildman–Crippen LogP) is 2.09. The number of hydrogen-bond donors (Lipinski definition) is 1. The minimum atomic E-state index is -0.453. The first-order valence-electron chi connectivity index (χ1n) is 5.66. The van der Waals surface area contributed by atoms with Gasteiger partial charge in [-0.05, 0) is 12.5 Å². The Bertz CT molecular complexity index is 647. The summed E-state index contributed by atoms with van der Waals surface area (Å²) in [6, 6.07) is 4.59. The SMILES string of the molecule is O=C1CCC(c2coc3c(F)cccc23)C(=O)N1. The molecule has 18 heavy (non-hydrogen) atoms. The fourth-order valence-electron chi connectivity index (χ4n) is 2.30. The van der Waals surface area contributed by atoms with Crippen LogP contribution in [0.5, 0.6) is 0 Å². The fourth-order valence-corrected chi connectivity index (χ4v) is 2.30. The van der Waals surface area contributed by atoms with E-state index in [4.69, 9.17) is 4.42 Å². The molecular formula is C13H10FNO3. The molecule has 1 saturated heterocycles. The molecule has 1 aromatic heterocycles. The van der Waals surface area contributed by atoms with Gasteiger partial charge in [0.05, 0.1) is 12.2 Å². The molecule has 0 radical (unpaired) electrons. The summed E-state index contributed by atoms with van der Waals surface area (Å²) in [5.41, 5.74) is 0.784. The van der Waals surface area contributed by atoms with Crippen LogP contribution < -0.4 is 5.32 Å². The van der Waals surface area contributed by atoms with Gasteiger partial charge in [-0.2, -0.15) is 0 Å². The predicted molar refractivity (Wildman–Crippen MR) is 61.3 cm³/mol. The summed E-state index contributed by atoms with van der Waals surface area (Å²) in [7, 11) is 0. The van der Waals surface area contributed by atoms with Crippen molar-refractivity contribution in [3.63, 3.8) is 0 Å². The second kappa shape index (κ2) is 3.94. The average molecular weight is 247 g/mol. The zero-order valence-corrected chi connectivity index (χ0v) is 9.40. The molecule has 0 spiro atoms. The zero-order valence-electron chi connectivity index (χ0n) is 9.40. The van der Waals surface area contributed by atoms with Gasteiger partial charge in [-0.3, -0.25) is 14.9 Å². The maximum atomic E-state index is 13.5. The topological polar surface area (TPSA) is 59.3 Å². The van der Waals surface area contributed by atoms with E-state index in [9.17, 15) is 14.0 Å². The van der Waals surface area contributed by atoms with E-state index in [2.05, 4.69) is 5.32 Å². The van der Waals surface area contributed by atoms with Gasteiger partial charge in [-0.25, -0.2) is 4.39 Å². The number of imide groups is 1. The number of carbonyl (C=O) groups excluding carboxylic acids is 2. The van der Waals surface area contributed by atoms with Gasteiger partial charge < -0.3 is 4.42 Å². The number of fused-ring (bicyclic) bond motifs is 1. The molecule has 1 atom stereocenters. The number of rotatable bonds is 1. The lowest BCUT2D eigenvalue weighted by Gasteiger charge is -2.19. The summed E-state index contributed by atoms with van der Waals surface area (Å²) in [4.78, 5) is 22.9. The molecule has 4 nitrogen and oxygen atoms in total. The Hall–Kier alpha value is -2.17. The van der Waals surface area contributed by atoms with Gasteiger partial charge in [0.15, 0.2) is 11.4 Å². The fraction of sp³-hybridized carbons (Fsp3) is 0.231. The summed E-state index contributed by atoms with van der Waals surface area (Å²) >= 11 is 0. The summed E-state index contributed by atoms with van der Waals surface area (Å²) in [5.74, 6) is -1.52. The number of amides is 2. The highest BCUT2D eigenvalue weighted by atomic mass is 19.1. The molecule has 3 rings (SSSR count). The monoisotopic (exact) mass is 247 g/mol. The third kappa shape index (κ3) is 1.59. The van der Waals surface area contributed by atoms with Crippen molar-refractivity contribution >= 4 is 22.8 Å². The van der Waals surface area contributed by atoms with Crippen molar-refractivity contribution in [3.05, 3.63) is 35.8 Å². The molecule has 2 amide bonds. The number of para-hydroxylation sites is 1. The first-order chi connectivity index (χ1) is 8.66. The Morgan fingerprint density at radius 2 is 2.17 bits per heavy atom. The van der Waals surface area contributed by atoms with Crippen LogP contribution in [0.15, 0.2) is 28.9 Å². The smallest absolute Gasteiger partial charge is 0.234 e.